The summed E-state index contributed by atoms with van der Waals surface area (Å²) in [6, 6.07) is 0. The van der Waals surface area contributed by atoms with Crippen LogP contribution in [0, 0.1) is 0 Å². The molecule has 0 aromatic heterocycles. The van der Waals surface area contributed by atoms with Gasteiger partial charge in [-0.15, -0.1) is 0 Å². The van der Waals surface area contributed by atoms with Gasteiger partial charge in [0.15, 0.2) is 0 Å². The third-order valence-corrected chi connectivity index (χ3v) is 4.33. The van der Waals surface area contributed by atoms with Crippen LogP contribution in [0.2, 0.25) is 0 Å². The van der Waals surface area contributed by atoms with E-state index in [4.69, 9.17) is 0 Å². The molecule has 0 aliphatic rings. The van der Waals surface area contributed by atoms with Crippen molar-refractivity contribution >= 4 is 10.0 Å². The summed E-state index contributed by atoms with van der Waals surface area (Å²) in [5.74, 6) is 0. The van der Waals surface area contributed by atoms with Crippen molar-refractivity contribution < 1.29 is 8.42 Å². The minimum absolute atomic E-state index is 0.165. The first-order valence-corrected chi connectivity index (χ1v) is 6.30. The molecule has 0 rings (SSSR count). The van der Waals surface area contributed by atoms with E-state index in [-0.39, 0.29) is 10.8 Å². The molecule has 0 aromatic carbocycles. The zero-order valence-corrected chi connectivity index (χ0v) is 10.8. The van der Waals surface area contributed by atoms with E-state index in [0.29, 0.717) is 6.54 Å². The van der Waals surface area contributed by atoms with Gasteiger partial charge in [0.2, 0.25) is 10.0 Å². The van der Waals surface area contributed by atoms with E-state index in [0.717, 1.165) is 0 Å². The van der Waals surface area contributed by atoms with Gasteiger partial charge in [-0.2, -0.15) is 0 Å². The third-order valence-electron chi connectivity index (χ3n) is 2.54. The van der Waals surface area contributed by atoms with Crippen LogP contribution in [-0.4, -0.2) is 44.7 Å². The van der Waals surface area contributed by atoms with Crippen molar-refractivity contribution in [3.8, 4) is 0 Å². The molecule has 14 heavy (non-hydrogen) atoms. The van der Waals surface area contributed by atoms with Gasteiger partial charge in [0, 0.05) is 12.1 Å². The highest BCUT2D eigenvalue weighted by Gasteiger charge is 2.24. The van der Waals surface area contributed by atoms with Gasteiger partial charge in [-0.05, 0) is 41.8 Å². The molecule has 0 heterocycles. The van der Waals surface area contributed by atoms with Gasteiger partial charge in [-0.3, -0.25) is 0 Å². The normalized spacial score (nSPS) is 14.0. The largest absolute Gasteiger partial charge is 0.303 e. The smallest absolute Gasteiger partial charge is 0.213 e. The Bertz CT molecular complexity index is 269. The fourth-order valence-electron chi connectivity index (χ4n) is 0.602. The minimum Gasteiger partial charge on any atom is -0.303 e. The van der Waals surface area contributed by atoms with E-state index in [1.807, 2.05) is 32.8 Å². The molecule has 4 nitrogen and oxygen atoms in total. The number of rotatable bonds is 5. The first-order valence-electron chi connectivity index (χ1n) is 4.75. The van der Waals surface area contributed by atoms with E-state index in [9.17, 15) is 8.42 Å². The minimum atomic E-state index is -3.14. The Labute approximate surface area is 87.7 Å². The maximum Gasteiger partial charge on any atom is 0.213 e. The number of nitrogens with zero attached hydrogens (tertiary/aromatic N) is 1. The van der Waals surface area contributed by atoms with Crippen molar-refractivity contribution in [3.63, 3.8) is 0 Å². The molecule has 0 saturated heterocycles. The quantitative estimate of drug-likeness (QED) is 0.743. The number of hydrogen-bond acceptors (Lipinski definition) is 3. The van der Waals surface area contributed by atoms with Gasteiger partial charge in [0.1, 0.15) is 0 Å². The van der Waals surface area contributed by atoms with E-state index >= 15 is 0 Å². The Balaban J connectivity index is 4.34. The van der Waals surface area contributed by atoms with Gasteiger partial charge < -0.3 is 4.90 Å². The molecule has 0 bridgehead atoms. The molecule has 0 unspecified atom stereocenters. The summed E-state index contributed by atoms with van der Waals surface area (Å²) < 4.78 is 25.6. The highest BCUT2D eigenvalue weighted by atomic mass is 32.2. The van der Waals surface area contributed by atoms with Crippen molar-refractivity contribution in [2.75, 3.05) is 20.6 Å². The first kappa shape index (κ1) is 13.9. The lowest BCUT2D eigenvalue weighted by Crippen LogP contribution is -2.49. The van der Waals surface area contributed by atoms with Crippen molar-refractivity contribution in [1.82, 2.24) is 9.62 Å². The van der Waals surface area contributed by atoms with Crippen LogP contribution in [0.1, 0.15) is 27.7 Å². The molecule has 0 aromatic rings. The monoisotopic (exact) mass is 222 g/mol. The lowest BCUT2D eigenvalue weighted by molar-refractivity contribution is 0.198. The Hall–Kier alpha value is -0.130. The summed E-state index contributed by atoms with van der Waals surface area (Å²) >= 11 is 0. The number of nitrogens with one attached hydrogen (secondary N) is 1. The number of likely N-dealkylation sites (N-methyl/N-ethyl adjacent to an activating group) is 1. The van der Waals surface area contributed by atoms with Crippen LogP contribution in [0.4, 0.5) is 0 Å². The maximum atomic E-state index is 11.5. The summed E-state index contributed by atoms with van der Waals surface area (Å²) in [6.45, 7) is 7.77. The van der Waals surface area contributed by atoms with Crippen LogP contribution in [0.15, 0.2) is 0 Å². The lowest BCUT2D eigenvalue weighted by atomic mass is 10.1. The molecule has 0 amide bonds. The molecule has 1 N–H and O–H groups in total. The fourth-order valence-corrected chi connectivity index (χ4v) is 1.49. The molecular weight excluding hydrogens is 200 g/mol. The maximum absolute atomic E-state index is 11.5. The summed E-state index contributed by atoms with van der Waals surface area (Å²) in [5, 5.41) is -0.375. The predicted octanol–water partition coefficient (Wildman–Crippen LogP) is 0.654. The Kier molecular flexibility index (Phi) is 4.55. The zero-order chi connectivity index (χ0) is 11.6. The second kappa shape index (κ2) is 4.59. The van der Waals surface area contributed by atoms with Crippen LogP contribution in [0.5, 0.6) is 0 Å². The zero-order valence-electron chi connectivity index (χ0n) is 9.96. The molecule has 0 aliphatic carbocycles. The van der Waals surface area contributed by atoms with Crippen LogP contribution in [0.3, 0.4) is 0 Å². The Morgan fingerprint density at radius 1 is 1.29 bits per heavy atom. The average molecular weight is 222 g/mol. The molecule has 0 spiro atoms. The van der Waals surface area contributed by atoms with E-state index in [1.165, 1.54) is 0 Å². The number of hydrogen-bond donors (Lipinski definition) is 1. The van der Waals surface area contributed by atoms with Crippen molar-refractivity contribution in [2.24, 2.45) is 0 Å². The molecule has 0 aliphatic heterocycles. The molecule has 0 radical (unpaired) electrons. The molecular formula is C9H22N2O2S. The summed E-state index contributed by atoms with van der Waals surface area (Å²) in [7, 11) is 0.727. The third kappa shape index (κ3) is 3.94. The van der Waals surface area contributed by atoms with Gasteiger partial charge in [-0.1, -0.05) is 0 Å². The SMILES string of the molecule is CC(C)S(=O)(=O)NCC(C)(C)N(C)C. The topological polar surface area (TPSA) is 49.4 Å². The van der Waals surface area contributed by atoms with Crippen LogP contribution >= 0.6 is 0 Å². The summed E-state index contributed by atoms with van der Waals surface area (Å²) in [5.41, 5.74) is -0.165. The van der Waals surface area contributed by atoms with Crippen molar-refractivity contribution in [3.05, 3.63) is 0 Å². The van der Waals surface area contributed by atoms with Gasteiger partial charge in [0.25, 0.3) is 0 Å². The molecule has 5 heteroatoms. The molecule has 0 atom stereocenters. The molecule has 0 fully saturated rings. The fraction of sp³-hybridized carbons (Fsp3) is 1.00. The lowest BCUT2D eigenvalue weighted by Gasteiger charge is -2.32. The van der Waals surface area contributed by atoms with Gasteiger partial charge in [0.05, 0.1) is 5.25 Å². The average Bonchev–Trinajstić information content (AvgIpc) is 2.01. The van der Waals surface area contributed by atoms with E-state index in [2.05, 4.69) is 4.72 Å². The van der Waals surface area contributed by atoms with Crippen molar-refractivity contribution in [2.45, 2.75) is 38.5 Å². The Morgan fingerprint density at radius 2 is 1.71 bits per heavy atom. The van der Waals surface area contributed by atoms with Crippen LogP contribution in [0.25, 0.3) is 0 Å². The predicted molar refractivity (Wildman–Crippen MR) is 59.8 cm³/mol. The van der Waals surface area contributed by atoms with E-state index < -0.39 is 10.0 Å². The second-order valence-corrected chi connectivity index (χ2v) is 6.94. The molecule has 86 valence electrons. The van der Waals surface area contributed by atoms with Crippen LogP contribution < -0.4 is 4.72 Å². The second-order valence-electron chi connectivity index (χ2n) is 4.62. The highest BCUT2D eigenvalue weighted by molar-refractivity contribution is 7.90. The van der Waals surface area contributed by atoms with Gasteiger partial charge >= 0.3 is 0 Å². The van der Waals surface area contributed by atoms with Crippen molar-refractivity contribution in [1.29, 1.82) is 0 Å². The highest BCUT2D eigenvalue weighted by Crippen LogP contribution is 2.09. The van der Waals surface area contributed by atoms with Crippen LogP contribution in [-0.2, 0) is 10.0 Å². The first-order chi connectivity index (χ1) is 6.09. The summed E-state index contributed by atoms with van der Waals surface area (Å²) in [6.07, 6.45) is 0. The molecule has 0 saturated carbocycles. The standard InChI is InChI=1S/C9H22N2O2S/c1-8(2)14(12,13)10-7-9(3,4)11(5)6/h8,10H,7H2,1-6H3. The number of sulfonamides is 1. The Morgan fingerprint density at radius 3 is 2.00 bits per heavy atom. The van der Waals surface area contributed by atoms with E-state index in [1.54, 1.807) is 13.8 Å². The van der Waals surface area contributed by atoms with Gasteiger partial charge in [-0.25, -0.2) is 13.1 Å². The summed E-state index contributed by atoms with van der Waals surface area (Å²) in [4.78, 5) is 2.00.